The van der Waals surface area contributed by atoms with E-state index < -0.39 is 0 Å². The molecule has 0 aliphatic heterocycles. The number of hydrogen-bond donors (Lipinski definition) is 0. The molecule has 34 heavy (non-hydrogen) atoms. The van der Waals surface area contributed by atoms with E-state index in [1.807, 2.05) is 61.9 Å². The summed E-state index contributed by atoms with van der Waals surface area (Å²) in [5.74, 6) is 1.59. The van der Waals surface area contributed by atoms with Crippen molar-refractivity contribution < 1.29 is 19.0 Å². The van der Waals surface area contributed by atoms with E-state index in [1.54, 1.807) is 24.1 Å². The Labute approximate surface area is 202 Å². The molecule has 4 rings (SSSR count). The number of thiazole rings is 1. The summed E-state index contributed by atoms with van der Waals surface area (Å²) in [6.07, 6.45) is 0. The molecule has 0 bridgehead atoms. The van der Waals surface area contributed by atoms with Crippen LogP contribution >= 0.6 is 11.3 Å². The molecular formula is C25H28N4O4S. The summed E-state index contributed by atoms with van der Waals surface area (Å²) in [6, 6.07) is 15.1. The zero-order valence-corrected chi connectivity index (χ0v) is 20.6. The van der Waals surface area contributed by atoms with E-state index in [9.17, 15) is 4.79 Å². The van der Waals surface area contributed by atoms with Crippen molar-refractivity contribution in [2.75, 3.05) is 31.8 Å². The fourth-order valence-corrected chi connectivity index (χ4v) is 4.70. The Morgan fingerprint density at radius 3 is 2.53 bits per heavy atom. The van der Waals surface area contributed by atoms with E-state index in [0.717, 1.165) is 21.6 Å². The molecule has 2 aromatic carbocycles. The molecule has 0 N–H and O–H groups in total. The summed E-state index contributed by atoms with van der Waals surface area (Å²) in [6.45, 7) is 7.23. The Kier molecular flexibility index (Phi) is 7.32. The van der Waals surface area contributed by atoms with Gasteiger partial charge in [0.25, 0.3) is 5.91 Å². The van der Waals surface area contributed by atoms with Gasteiger partial charge in [0, 0.05) is 12.2 Å². The van der Waals surface area contributed by atoms with Crippen LogP contribution in [0.5, 0.6) is 17.2 Å². The first-order chi connectivity index (χ1) is 16.5. The summed E-state index contributed by atoms with van der Waals surface area (Å²) in [4.78, 5) is 19.8. The first kappa shape index (κ1) is 23.6. The molecule has 2 aromatic heterocycles. The fourth-order valence-electron chi connectivity index (χ4n) is 3.68. The summed E-state index contributed by atoms with van der Waals surface area (Å²) < 4.78 is 19.7. The highest BCUT2D eigenvalue weighted by Gasteiger charge is 2.22. The number of carbonyl (C=O) groups is 1. The number of methoxy groups -OCH3 is 1. The third kappa shape index (κ3) is 5.14. The predicted octanol–water partition coefficient (Wildman–Crippen LogP) is 4.63. The van der Waals surface area contributed by atoms with Crippen LogP contribution in [0.25, 0.3) is 10.2 Å². The number of hydrogen-bond acceptors (Lipinski definition) is 7. The lowest BCUT2D eigenvalue weighted by Crippen LogP contribution is -2.37. The zero-order chi connectivity index (χ0) is 24.1. The number of aromatic nitrogens is 3. The van der Waals surface area contributed by atoms with Crippen LogP contribution in [0.4, 0.5) is 5.13 Å². The van der Waals surface area contributed by atoms with Crippen LogP contribution in [-0.2, 0) is 11.3 Å². The van der Waals surface area contributed by atoms with E-state index in [-0.39, 0.29) is 12.5 Å². The number of aryl methyl sites for hydroxylation is 2. The van der Waals surface area contributed by atoms with Gasteiger partial charge in [0.1, 0.15) is 11.3 Å². The number of ether oxygens (including phenoxy) is 3. The molecular weight excluding hydrogens is 452 g/mol. The molecule has 0 saturated heterocycles. The molecule has 2 heterocycles. The minimum atomic E-state index is -0.204. The minimum Gasteiger partial charge on any atom is -0.493 e. The SMILES string of the molecule is CCOc1cccc2sc(N(CCn3nc(C)cc3C)C(=O)COc3ccccc3OC)nc12. The third-order valence-electron chi connectivity index (χ3n) is 5.26. The van der Waals surface area contributed by atoms with Gasteiger partial charge < -0.3 is 14.2 Å². The number of fused-ring (bicyclic) bond motifs is 1. The lowest BCUT2D eigenvalue weighted by atomic mass is 10.3. The van der Waals surface area contributed by atoms with Gasteiger partial charge in [-0.05, 0) is 51.1 Å². The van der Waals surface area contributed by atoms with Gasteiger partial charge in [0.05, 0.1) is 30.7 Å². The van der Waals surface area contributed by atoms with E-state index in [1.165, 1.54) is 11.3 Å². The molecule has 0 atom stereocenters. The first-order valence-electron chi connectivity index (χ1n) is 11.1. The second-order valence-electron chi connectivity index (χ2n) is 7.67. The molecule has 0 aliphatic rings. The van der Waals surface area contributed by atoms with Crippen LogP contribution < -0.4 is 19.1 Å². The fraction of sp³-hybridized carbons (Fsp3) is 0.320. The number of rotatable bonds is 10. The Hall–Kier alpha value is -3.59. The maximum Gasteiger partial charge on any atom is 0.266 e. The second kappa shape index (κ2) is 10.6. The zero-order valence-electron chi connectivity index (χ0n) is 19.8. The summed E-state index contributed by atoms with van der Waals surface area (Å²) >= 11 is 1.45. The van der Waals surface area contributed by atoms with Crippen LogP contribution in [0.1, 0.15) is 18.3 Å². The predicted molar refractivity (Wildman–Crippen MR) is 133 cm³/mol. The Morgan fingerprint density at radius 1 is 1.06 bits per heavy atom. The van der Waals surface area contributed by atoms with Crippen LogP contribution in [-0.4, -0.2) is 47.5 Å². The molecule has 0 spiro atoms. The van der Waals surface area contributed by atoms with Crippen molar-refractivity contribution in [2.24, 2.45) is 0 Å². The largest absolute Gasteiger partial charge is 0.493 e. The van der Waals surface area contributed by atoms with Crippen LogP contribution in [0.3, 0.4) is 0 Å². The maximum atomic E-state index is 13.4. The normalized spacial score (nSPS) is 10.9. The number of carbonyl (C=O) groups excluding carboxylic acids is 1. The van der Waals surface area contributed by atoms with Gasteiger partial charge in [-0.15, -0.1) is 0 Å². The summed E-state index contributed by atoms with van der Waals surface area (Å²) in [5, 5.41) is 5.12. The molecule has 0 fully saturated rings. The van der Waals surface area contributed by atoms with Gasteiger partial charge in [-0.2, -0.15) is 5.10 Å². The average Bonchev–Trinajstić information content (AvgIpc) is 3.41. The van der Waals surface area contributed by atoms with Gasteiger partial charge in [0.2, 0.25) is 0 Å². The van der Waals surface area contributed by atoms with Crippen molar-refractivity contribution in [3.05, 3.63) is 59.9 Å². The van der Waals surface area contributed by atoms with Crippen molar-refractivity contribution in [3.63, 3.8) is 0 Å². The molecule has 9 heteroatoms. The lowest BCUT2D eigenvalue weighted by molar-refractivity contribution is -0.120. The van der Waals surface area contributed by atoms with Crippen molar-refractivity contribution >= 4 is 32.6 Å². The standard InChI is InChI=1S/C25H28N4O4S/c1-5-32-21-11-8-12-22-24(21)26-25(34-22)28(13-14-29-18(3)15-17(2)27-29)23(30)16-33-20-10-7-6-9-19(20)31-4/h6-12,15H,5,13-14,16H2,1-4H3. The Balaban J connectivity index is 1.61. The van der Waals surface area contributed by atoms with E-state index >= 15 is 0 Å². The number of anilines is 1. The second-order valence-corrected chi connectivity index (χ2v) is 8.68. The van der Waals surface area contributed by atoms with Crippen molar-refractivity contribution in [2.45, 2.75) is 27.3 Å². The molecule has 0 saturated carbocycles. The minimum absolute atomic E-state index is 0.147. The van der Waals surface area contributed by atoms with Crippen LogP contribution in [0, 0.1) is 13.8 Å². The van der Waals surface area contributed by atoms with Crippen molar-refractivity contribution in [3.8, 4) is 17.2 Å². The lowest BCUT2D eigenvalue weighted by Gasteiger charge is -2.21. The number of nitrogens with zero attached hydrogens (tertiary/aromatic N) is 4. The first-order valence-corrected chi connectivity index (χ1v) is 11.9. The molecule has 178 valence electrons. The Bertz CT molecular complexity index is 1280. The molecule has 0 unspecified atom stereocenters. The molecule has 8 nitrogen and oxygen atoms in total. The monoisotopic (exact) mass is 480 g/mol. The average molecular weight is 481 g/mol. The number of para-hydroxylation sites is 3. The Morgan fingerprint density at radius 2 is 1.82 bits per heavy atom. The highest BCUT2D eigenvalue weighted by atomic mass is 32.1. The van der Waals surface area contributed by atoms with Crippen LogP contribution in [0.2, 0.25) is 0 Å². The number of amides is 1. The maximum absolute atomic E-state index is 13.4. The van der Waals surface area contributed by atoms with Crippen molar-refractivity contribution in [1.29, 1.82) is 0 Å². The van der Waals surface area contributed by atoms with Gasteiger partial charge >= 0.3 is 0 Å². The summed E-state index contributed by atoms with van der Waals surface area (Å²) in [5.41, 5.74) is 2.73. The summed E-state index contributed by atoms with van der Waals surface area (Å²) in [7, 11) is 1.57. The smallest absolute Gasteiger partial charge is 0.266 e. The van der Waals surface area contributed by atoms with E-state index in [2.05, 4.69) is 5.10 Å². The quantitative estimate of drug-likeness (QED) is 0.329. The molecule has 0 aliphatic carbocycles. The molecule has 4 aromatic rings. The molecule has 1 amide bonds. The number of benzene rings is 2. The van der Waals surface area contributed by atoms with E-state index in [0.29, 0.717) is 42.1 Å². The van der Waals surface area contributed by atoms with Gasteiger partial charge in [-0.3, -0.25) is 14.4 Å². The van der Waals surface area contributed by atoms with E-state index in [4.69, 9.17) is 19.2 Å². The van der Waals surface area contributed by atoms with Gasteiger partial charge in [-0.1, -0.05) is 29.5 Å². The topological polar surface area (TPSA) is 78.7 Å². The third-order valence-corrected chi connectivity index (χ3v) is 6.31. The van der Waals surface area contributed by atoms with Crippen LogP contribution in [0.15, 0.2) is 48.5 Å². The van der Waals surface area contributed by atoms with Gasteiger partial charge in [0.15, 0.2) is 23.2 Å². The molecule has 0 radical (unpaired) electrons. The van der Waals surface area contributed by atoms with Crippen molar-refractivity contribution in [1.82, 2.24) is 14.8 Å². The van der Waals surface area contributed by atoms with Gasteiger partial charge in [-0.25, -0.2) is 4.98 Å². The highest BCUT2D eigenvalue weighted by molar-refractivity contribution is 7.22. The highest BCUT2D eigenvalue weighted by Crippen LogP contribution is 2.34.